The van der Waals surface area contributed by atoms with Gasteiger partial charge in [0.05, 0.1) is 0 Å². The van der Waals surface area contributed by atoms with Crippen molar-refractivity contribution >= 4 is 0 Å². The van der Waals surface area contributed by atoms with Crippen LogP contribution >= 0.6 is 0 Å². The smallest absolute Gasteiger partial charge is 0.162 e. The van der Waals surface area contributed by atoms with Crippen LogP contribution in [0.5, 0.6) is 0 Å². The number of allylic oxidation sites excluding steroid dienone is 8. The standard InChI is InChI=1S/C14H15F3/c1-8-3-5-10(7-12(8)15)11-6-4-9(2)13(16)14(11)17/h7H,3-6H2,1-2H3. The van der Waals surface area contributed by atoms with Crippen LogP contribution in [0.4, 0.5) is 13.2 Å². The first-order valence-corrected chi connectivity index (χ1v) is 5.81. The van der Waals surface area contributed by atoms with Crippen molar-refractivity contribution in [2.24, 2.45) is 0 Å². The second-order valence-corrected chi connectivity index (χ2v) is 4.68. The van der Waals surface area contributed by atoms with Gasteiger partial charge in [-0.1, -0.05) is 0 Å². The maximum atomic E-state index is 13.8. The third-order valence-electron chi connectivity index (χ3n) is 3.45. The summed E-state index contributed by atoms with van der Waals surface area (Å²) in [5, 5.41) is 0. The van der Waals surface area contributed by atoms with E-state index in [-0.39, 0.29) is 5.83 Å². The summed E-state index contributed by atoms with van der Waals surface area (Å²) in [5.74, 6) is -1.87. The van der Waals surface area contributed by atoms with E-state index in [0.29, 0.717) is 48.0 Å². The summed E-state index contributed by atoms with van der Waals surface area (Å²) >= 11 is 0. The molecule has 0 saturated heterocycles. The van der Waals surface area contributed by atoms with E-state index < -0.39 is 11.7 Å². The zero-order chi connectivity index (χ0) is 12.6. The van der Waals surface area contributed by atoms with Gasteiger partial charge < -0.3 is 0 Å². The molecule has 0 aromatic rings. The molecule has 0 aromatic heterocycles. The van der Waals surface area contributed by atoms with Gasteiger partial charge in [0.15, 0.2) is 11.7 Å². The SMILES string of the molecule is CC1=C(F)C=C(C2=C(F)C(F)=C(C)CC2)CC1. The Kier molecular flexibility index (Phi) is 3.27. The van der Waals surface area contributed by atoms with Gasteiger partial charge in [0, 0.05) is 0 Å². The Morgan fingerprint density at radius 3 is 2.12 bits per heavy atom. The highest BCUT2D eigenvalue weighted by Crippen LogP contribution is 2.39. The lowest BCUT2D eigenvalue weighted by Crippen LogP contribution is -2.05. The van der Waals surface area contributed by atoms with Crippen molar-refractivity contribution in [2.75, 3.05) is 0 Å². The summed E-state index contributed by atoms with van der Waals surface area (Å²) < 4.78 is 40.7. The zero-order valence-electron chi connectivity index (χ0n) is 10.0. The molecule has 0 saturated carbocycles. The van der Waals surface area contributed by atoms with Crippen LogP contribution < -0.4 is 0 Å². The first kappa shape index (κ1) is 12.2. The quantitative estimate of drug-likeness (QED) is 0.590. The molecule has 92 valence electrons. The molecule has 17 heavy (non-hydrogen) atoms. The van der Waals surface area contributed by atoms with Gasteiger partial charge in [0.2, 0.25) is 0 Å². The van der Waals surface area contributed by atoms with E-state index in [4.69, 9.17) is 0 Å². The molecule has 0 heterocycles. The highest BCUT2D eigenvalue weighted by atomic mass is 19.2. The largest absolute Gasteiger partial charge is 0.207 e. The highest BCUT2D eigenvalue weighted by molar-refractivity contribution is 5.47. The van der Waals surface area contributed by atoms with Crippen LogP contribution in [0.25, 0.3) is 0 Å². The molecule has 2 aliphatic carbocycles. The molecule has 0 bridgehead atoms. The van der Waals surface area contributed by atoms with Crippen molar-refractivity contribution in [1.29, 1.82) is 0 Å². The monoisotopic (exact) mass is 240 g/mol. The summed E-state index contributed by atoms with van der Waals surface area (Å²) in [6.45, 7) is 3.31. The lowest BCUT2D eigenvalue weighted by molar-refractivity contribution is 0.509. The predicted octanol–water partition coefficient (Wildman–Crippen LogP) is 5.21. The molecule has 0 nitrogen and oxygen atoms in total. The lowest BCUT2D eigenvalue weighted by atomic mass is 9.86. The summed E-state index contributed by atoms with van der Waals surface area (Å²) in [6.07, 6.45) is 3.49. The van der Waals surface area contributed by atoms with Gasteiger partial charge in [-0.05, 0) is 67.9 Å². The van der Waals surface area contributed by atoms with Crippen LogP contribution in [-0.4, -0.2) is 0 Å². The van der Waals surface area contributed by atoms with E-state index in [1.54, 1.807) is 13.8 Å². The fourth-order valence-electron chi connectivity index (χ4n) is 2.18. The fourth-order valence-corrected chi connectivity index (χ4v) is 2.18. The van der Waals surface area contributed by atoms with Gasteiger partial charge in [0.1, 0.15) is 5.83 Å². The average molecular weight is 240 g/mol. The van der Waals surface area contributed by atoms with Gasteiger partial charge in [-0.3, -0.25) is 0 Å². The topological polar surface area (TPSA) is 0 Å². The average Bonchev–Trinajstić information content (AvgIpc) is 2.30. The van der Waals surface area contributed by atoms with Crippen LogP contribution in [0, 0.1) is 0 Å². The number of hydrogen-bond acceptors (Lipinski definition) is 0. The third kappa shape index (κ3) is 2.24. The molecule has 0 aromatic carbocycles. The van der Waals surface area contributed by atoms with Crippen LogP contribution in [0.15, 0.2) is 45.8 Å². The van der Waals surface area contributed by atoms with E-state index in [9.17, 15) is 13.2 Å². The summed E-state index contributed by atoms with van der Waals surface area (Å²) in [7, 11) is 0. The van der Waals surface area contributed by atoms with Gasteiger partial charge in [-0.2, -0.15) is 0 Å². The predicted molar refractivity (Wildman–Crippen MR) is 62.3 cm³/mol. The Hall–Kier alpha value is -1.25. The Morgan fingerprint density at radius 2 is 1.47 bits per heavy atom. The zero-order valence-corrected chi connectivity index (χ0v) is 10.0. The van der Waals surface area contributed by atoms with E-state index in [1.807, 2.05) is 0 Å². The van der Waals surface area contributed by atoms with Crippen LogP contribution in [0.3, 0.4) is 0 Å². The Bertz CT molecular complexity index is 476. The molecule has 0 fully saturated rings. The second-order valence-electron chi connectivity index (χ2n) is 4.68. The van der Waals surface area contributed by atoms with Crippen molar-refractivity contribution in [3.63, 3.8) is 0 Å². The molecule has 0 N–H and O–H groups in total. The molecule has 0 atom stereocenters. The van der Waals surface area contributed by atoms with Crippen molar-refractivity contribution in [1.82, 2.24) is 0 Å². The number of hydrogen-bond donors (Lipinski definition) is 0. The second kappa shape index (κ2) is 4.55. The fraction of sp³-hybridized carbons (Fsp3) is 0.429. The van der Waals surface area contributed by atoms with E-state index in [0.717, 1.165) is 0 Å². The lowest BCUT2D eigenvalue weighted by Gasteiger charge is -2.21. The molecular formula is C14H15F3. The molecule has 0 unspecified atom stereocenters. The van der Waals surface area contributed by atoms with Gasteiger partial charge in [0.25, 0.3) is 0 Å². The molecule has 0 amide bonds. The minimum absolute atomic E-state index is 0.307. The molecular weight excluding hydrogens is 225 g/mol. The normalized spacial score (nSPS) is 22.3. The van der Waals surface area contributed by atoms with Crippen molar-refractivity contribution in [2.45, 2.75) is 39.5 Å². The highest BCUT2D eigenvalue weighted by Gasteiger charge is 2.24. The summed E-state index contributed by atoms with van der Waals surface area (Å²) in [4.78, 5) is 0. The summed E-state index contributed by atoms with van der Waals surface area (Å²) in [5.41, 5.74) is 2.07. The van der Waals surface area contributed by atoms with Crippen LogP contribution in [0.1, 0.15) is 39.5 Å². The Morgan fingerprint density at radius 1 is 0.824 bits per heavy atom. The maximum absolute atomic E-state index is 13.8. The van der Waals surface area contributed by atoms with E-state index in [1.165, 1.54) is 6.08 Å². The maximum Gasteiger partial charge on any atom is 0.162 e. The number of halogens is 3. The van der Waals surface area contributed by atoms with Crippen molar-refractivity contribution in [3.05, 3.63) is 45.8 Å². The number of rotatable bonds is 1. The van der Waals surface area contributed by atoms with E-state index >= 15 is 0 Å². The minimum atomic E-state index is -0.799. The summed E-state index contributed by atoms with van der Waals surface area (Å²) in [6, 6.07) is 0. The first-order chi connectivity index (χ1) is 8.00. The van der Waals surface area contributed by atoms with Gasteiger partial charge in [-0.15, -0.1) is 0 Å². The molecule has 2 aliphatic rings. The van der Waals surface area contributed by atoms with Crippen molar-refractivity contribution in [3.8, 4) is 0 Å². The third-order valence-corrected chi connectivity index (χ3v) is 3.45. The molecule has 0 radical (unpaired) electrons. The van der Waals surface area contributed by atoms with Gasteiger partial charge >= 0.3 is 0 Å². The van der Waals surface area contributed by atoms with E-state index in [2.05, 4.69) is 0 Å². The first-order valence-electron chi connectivity index (χ1n) is 5.81. The van der Waals surface area contributed by atoms with Crippen LogP contribution in [0.2, 0.25) is 0 Å². The van der Waals surface area contributed by atoms with Crippen molar-refractivity contribution < 1.29 is 13.2 Å². The Balaban J connectivity index is 2.40. The Labute approximate surface area is 99.2 Å². The molecule has 3 heteroatoms. The molecule has 2 rings (SSSR count). The minimum Gasteiger partial charge on any atom is -0.207 e. The van der Waals surface area contributed by atoms with Gasteiger partial charge in [-0.25, -0.2) is 13.2 Å². The van der Waals surface area contributed by atoms with Crippen LogP contribution in [-0.2, 0) is 0 Å². The molecule has 0 spiro atoms. The molecule has 0 aliphatic heterocycles.